The van der Waals surface area contributed by atoms with Gasteiger partial charge in [-0.15, -0.1) is 0 Å². The van der Waals surface area contributed by atoms with Crippen LogP contribution in [0.4, 0.5) is 0 Å². The number of ether oxygens (including phenoxy) is 2. The smallest absolute Gasteiger partial charge is 0.338 e. The summed E-state index contributed by atoms with van der Waals surface area (Å²) in [6, 6.07) is 15.8. The van der Waals surface area contributed by atoms with Crippen LogP contribution in [-0.4, -0.2) is 23.1 Å². The van der Waals surface area contributed by atoms with Crippen molar-refractivity contribution >= 4 is 35.4 Å². The molecule has 0 saturated carbocycles. The summed E-state index contributed by atoms with van der Waals surface area (Å²) in [5.41, 5.74) is 2.22. The summed E-state index contributed by atoms with van der Waals surface area (Å²) in [6.07, 6.45) is 5.49. The molecular weight excluding hydrogens is 464 g/mol. The molecule has 0 amide bonds. The zero-order valence-corrected chi connectivity index (χ0v) is 20.4. The van der Waals surface area contributed by atoms with Gasteiger partial charge in [0.2, 0.25) is 0 Å². The Balaban J connectivity index is 1.83. The number of hydrogen-bond donors (Lipinski definition) is 0. The molecule has 0 N–H and O–H groups in total. The summed E-state index contributed by atoms with van der Waals surface area (Å²) in [7, 11) is 0. The molecule has 3 aromatic rings. The lowest BCUT2D eigenvalue weighted by molar-refractivity contribution is -0.139. The molecule has 0 spiro atoms. The Morgan fingerprint density at radius 3 is 2.49 bits per heavy atom. The van der Waals surface area contributed by atoms with Crippen LogP contribution in [0.1, 0.15) is 37.9 Å². The number of carbonyl (C=O) groups is 2. The van der Waals surface area contributed by atoms with E-state index in [9.17, 15) is 14.4 Å². The standard InChI is InChI=1S/C27H24N2O5S/c1-4-33-26(32)23-17(2)28-27-29(24(23)20-13-15-21(16-14-20)34-18(3)30)25(31)22(35-27)12-8-11-19-9-6-5-7-10-19/h5-16,24H,4H2,1-3H3/b11-8-,22-12?/t24-/m0/s1. The highest BCUT2D eigenvalue weighted by atomic mass is 32.1. The van der Waals surface area contributed by atoms with Crippen LogP contribution in [-0.2, 0) is 14.3 Å². The molecule has 4 rings (SSSR count). The van der Waals surface area contributed by atoms with Crippen LogP contribution in [0.5, 0.6) is 5.75 Å². The minimum absolute atomic E-state index is 0.197. The molecule has 1 aliphatic heterocycles. The van der Waals surface area contributed by atoms with Crippen molar-refractivity contribution in [3.05, 3.63) is 103 Å². The molecule has 1 aromatic heterocycles. The van der Waals surface area contributed by atoms with E-state index in [0.29, 0.717) is 31.9 Å². The Kier molecular flexibility index (Phi) is 7.22. The van der Waals surface area contributed by atoms with Crippen LogP contribution >= 0.6 is 11.3 Å². The van der Waals surface area contributed by atoms with Crippen molar-refractivity contribution in [2.45, 2.75) is 26.8 Å². The van der Waals surface area contributed by atoms with Gasteiger partial charge >= 0.3 is 11.9 Å². The molecular formula is C27H24N2O5S. The van der Waals surface area contributed by atoms with E-state index >= 15 is 0 Å². The fraction of sp³-hybridized carbons (Fsp3) is 0.185. The number of fused-ring (bicyclic) bond motifs is 1. The SMILES string of the molecule is CCOC(=O)C1=C(C)N=c2sc(=C/C=C\c3ccccc3)c(=O)n2[C@H]1c1ccc(OC(C)=O)cc1. The van der Waals surface area contributed by atoms with E-state index in [1.165, 1.54) is 22.8 Å². The summed E-state index contributed by atoms with van der Waals surface area (Å²) in [5.74, 6) is -0.587. The van der Waals surface area contributed by atoms with Gasteiger partial charge in [-0.25, -0.2) is 9.79 Å². The summed E-state index contributed by atoms with van der Waals surface area (Å²) < 4.78 is 12.4. The highest BCUT2D eigenvalue weighted by Crippen LogP contribution is 2.31. The van der Waals surface area contributed by atoms with Crippen LogP contribution in [0.25, 0.3) is 12.2 Å². The van der Waals surface area contributed by atoms with Crippen molar-refractivity contribution in [2.24, 2.45) is 4.99 Å². The first-order valence-corrected chi connectivity index (χ1v) is 11.9. The number of benzene rings is 2. The molecule has 0 unspecified atom stereocenters. The molecule has 0 aliphatic carbocycles. The maximum absolute atomic E-state index is 13.5. The number of hydrogen-bond acceptors (Lipinski definition) is 7. The normalized spacial score (nSPS) is 15.6. The monoisotopic (exact) mass is 488 g/mol. The van der Waals surface area contributed by atoms with Crippen LogP contribution in [0, 0.1) is 0 Å². The summed E-state index contributed by atoms with van der Waals surface area (Å²) in [4.78, 5) is 42.7. The van der Waals surface area contributed by atoms with Crippen molar-refractivity contribution in [1.29, 1.82) is 0 Å². The lowest BCUT2D eigenvalue weighted by Gasteiger charge is -2.24. The van der Waals surface area contributed by atoms with E-state index in [1.807, 2.05) is 42.5 Å². The zero-order chi connectivity index (χ0) is 24.9. The minimum atomic E-state index is -0.725. The van der Waals surface area contributed by atoms with Gasteiger partial charge in [-0.1, -0.05) is 66.0 Å². The number of thiazole rings is 1. The number of carbonyl (C=O) groups excluding carboxylic acids is 2. The van der Waals surface area contributed by atoms with E-state index in [-0.39, 0.29) is 12.2 Å². The third-order valence-corrected chi connectivity index (χ3v) is 6.31. The second-order valence-electron chi connectivity index (χ2n) is 7.76. The van der Waals surface area contributed by atoms with Gasteiger partial charge < -0.3 is 9.47 Å². The minimum Gasteiger partial charge on any atom is -0.463 e. The molecule has 178 valence electrons. The van der Waals surface area contributed by atoms with Crippen molar-refractivity contribution in [3.63, 3.8) is 0 Å². The summed E-state index contributed by atoms with van der Waals surface area (Å²) in [5, 5.41) is 0. The fourth-order valence-corrected chi connectivity index (χ4v) is 4.81. The highest BCUT2D eigenvalue weighted by molar-refractivity contribution is 7.07. The molecule has 1 aliphatic rings. The van der Waals surface area contributed by atoms with Crippen molar-refractivity contribution in [1.82, 2.24) is 4.57 Å². The van der Waals surface area contributed by atoms with Gasteiger partial charge in [0, 0.05) is 6.92 Å². The quantitative estimate of drug-likeness (QED) is 0.392. The van der Waals surface area contributed by atoms with E-state index in [0.717, 1.165) is 5.56 Å². The van der Waals surface area contributed by atoms with Crippen LogP contribution < -0.4 is 19.6 Å². The van der Waals surface area contributed by atoms with Crippen LogP contribution in [0.15, 0.2) is 81.7 Å². The Hall–Kier alpha value is -4.04. The third kappa shape index (κ3) is 5.22. The Bertz CT molecular complexity index is 1500. The molecule has 0 bridgehead atoms. The van der Waals surface area contributed by atoms with Crippen molar-refractivity contribution < 1.29 is 19.1 Å². The van der Waals surface area contributed by atoms with E-state index in [2.05, 4.69) is 4.99 Å². The Morgan fingerprint density at radius 1 is 1.11 bits per heavy atom. The molecule has 8 heteroatoms. The van der Waals surface area contributed by atoms with Gasteiger partial charge in [0.25, 0.3) is 5.56 Å². The van der Waals surface area contributed by atoms with E-state index in [4.69, 9.17) is 9.47 Å². The maximum atomic E-state index is 13.5. The molecule has 0 radical (unpaired) electrons. The van der Waals surface area contributed by atoms with E-state index < -0.39 is 18.0 Å². The van der Waals surface area contributed by atoms with Crippen LogP contribution in [0.3, 0.4) is 0 Å². The van der Waals surface area contributed by atoms with Crippen LogP contribution in [0.2, 0.25) is 0 Å². The predicted molar refractivity (Wildman–Crippen MR) is 135 cm³/mol. The molecule has 1 atom stereocenters. The highest BCUT2D eigenvalue weighted by Gasteiger charge is 2.33. The van der Waals surface area contributed by atoms with Gasteiger partial charge in [0.15, 0.2) is 4.80 Å². The lowest BCUT2D eigenvalue weighted by atomic mass is 9.96. The van der Waals surface area contributed by atoms with Crippen molar-refractivity contribution in [2.75, 3.05) is 6.61 Å². The molecule has 2 heterocycles. The second kappa shape index (κ2) is 10.5. The largest absolute Gasteiger partial charge is 0.463 e. The molecule has 35 heavy (non-hydrogen) atoms. The molecule has 0 saturated heterocycles. The number of allylic oxidation sites excluding steroid dienone is 2. The van der Waals surface area contributed by atoms with Crippen molar-refractivity contribution in [3.8, 4) is 5.75 Å². The first kappa shape index (κ1) is 24.1. The summed E-state index contributed by atoms with van der Waals surface area (Å²) in [6.45, 7) is 4.98. The second-order valence-corrected chi connectivity index (χ2v) is 8.77. The third-order valence-electron chi connectivity index (χ3n) is 5.31. The van der Waals surface area contributed by atoms with Gasteiger partial charge in [-0.05, 0) is 43.2 Å². The van der Waals surface area contributed by atoms with Gasteiger partial charge in [0.1, 0.15) is 5.75 Å². The average molecular weight is 489 g/mol. The molecule has 0 fully saturated rings. The number of rotatable bonds is 6. The first-order valence-electron chi connectivity index (χ1n) is 11.1. The van der Waals surface area contributed by atoms with Gasteiger partial charge in [-0.2, -0.15) is 0 Å². The Labute approximate surface area is 206 Å². The predicted octanol–water partition coefficient (Wildman–Crippen LogP) is 3.39. The fourth-order valence-electron chi connectivity index (χ4n) is 3.82. The molecule has 7 nitrogen and oxygen atoms in total. The summed E-state index contributed by atoms with van der Waals surface area (Å²) >= 11 is 1.26. The average Bonchev–Trinajstić information content (AvgIpc) is 3.14. The number of esters is 2. The van der Waals surface area contributed by atoms with E-state index in [1.54, 1.807) is 44.2 Å². The number of aromatic nitrogens is 1. The van der Waals surface area contributed by atoms with Gasteiger partial charge in [0.05, 0.1) is 28.5 Å². The first-order chi connectivity index (χ1) is 16.9. The maximum Gasteiger partial charge on any atom is 0.338 e. The van der Waals surface area contributed by atoms with Gasteiger partial charge in [-0.3, -0.25) is 14.2 Å². The topological polar surface area (TPSA) is 87.0 Å². The Morgan fingerprint density at radius 2 is 1.83 bits per heavy atom. The zero-order valence-electron chi connectivity index (χ0n) is 19.6. The molecule has 2 aromatic carbocycles. The number of nitrogens with zero attached hydrogens (tertiary/aromatic N) is 2. The lowest BCUT2D eigenvalue weighted by Crippen LogP contribution is -2.39.